The van der Waals surface area contributed by atoms with Crippen molar-refractivity contribution in [1.82, 2.24) is 10.6 Å². The number of carbonyl (C=O) groups is 1. The van der Waals surface area contributed by atoms with Crippen molar-refractivity contribution in [2.24, 2.45) is 0 Å². The van der Waals surface area contributed by atoms with E-state index in [9.17, 15) is 4.79 Å². The maximum Gasteiger partial charge on any atom is 0.306 e. The molecule has 1 aliphatic heterocycles. The number of ether oxygens (including phenoxy) is 1. The van der Waals surface area contributed by atoms with Gasteiger partial charge in [-0.15, -0.1) is 0 Å². The van der Waals surface area contributed by atoms with Crippen LogP contribution in [-0.2, 0) is 9.53 Å². The number of piperazine rings is 1. The molecule has 2 atom stereocenters. The number of esters is 1. The van der Waals surface area contributed by atoms with Crippen LogP contribution in [0.5, 0.6) is 0 Å². The molecule has 0 radical (unpaired) electrons. The summed E-state index contributed by atoms with van der Waals surface area (Å²) in [5.41, 5.74) is 0. The zero-order valence-corrected chi connectivity index (χ0v) is 11.8. The third-order valence-electron chi connectivity index (χ3n) is 3.44. The summed E-state index contributed by atoms with van der Waals surface area (Å²) >= 11 is 0. The van der Waals surface area contributed by atoms with E-state index in [2.05, 4.69) is 24.5 Å². The number of rotatable bonds is 8. The van der Waals surface area contributed by atoms with Crippen LogP contribution in [0.15, 0.2) is 0 Å². The summed E-state index contributed by atoms with van der Waals surface area (Å²) in [7, 11) is 0. The summed E-state index contributed by atoms with van der Waals surface area (Å²) in [5.74, 6) is -0.0367. The highest BCUT2D eigenvalue weighted by atomic mass is 16.5. The summed E-state index contributed by atoms with van der Waals surface area (Å²) in [4.78, 5) is 11.7. The first-order chi connectivity index (χ1) is 8.77. The summed E-state index contributed by atoms with van der Waals surface area (Å²) < 4.78 is 5.58. The van der Waals surface area contributed by atoms with Gasteiger partial charge in [-0.05, 0) is 12.8 Å². The van der Waals surface area contributed by atoms with Crippen LogP contribution < -0.4 is 10.6 Å². The second-order valence-electron chi connectivity index (χ2n) is 5.01. The molecular formula is C14H28N2O2. The number of nitrogens with one attached hydrogen (secondary N) is 2. The lowest BCUT2D eigenvalue weighted by Gasteiger charge is -2.31. The Morgan fingerprint density at radius 1 is 1.28 bits per heavy atom. The third kappa shape index (κ3) is 5.83. The topological polar surface area (TPSA) is 50.4 Å². The van der Waals surface area contributed by atoms with Gasteiger partial charge < -0.3 is 15.4 Å². The van der Waals surface area contributed by atoms with Gasteiger partial charge in [0.15, 0.2) is 0 Å². The van der Waals surface area contributed by atoms with E-state index in [4.69, 9.17) is 4.74 Å². The molecule has 0 aromatic rings. The van der Waals surface area contributed by atoms with Crippen LogP contribution in [0.1, 0.15) is 52.4 Å². The predicted molar refractivity (Wildman–Crippen MR) is 73.6 cm³/mol. The fourth-order valence-corrected chi connectivity index (χ4v) is 2.31. The second-order valence-corrected chi connectivity index (χ2v) is 5.01. The van der Waals surface area contributed by atoms with Crippen LogP contribution in [0.25, 0.3) is 0 Å². The van der Waals surface area contributed by atoms with Crippen molar-refractivity contribution in [2.45, 2.75) is 64.5 Å². The monoisotopic (exact) mass is 256 g/mol. The zero-order valence-electron chi connectivity index (χ0n) is 11.8. The summed E-state index contributed by atoms with van der Waals surface area (Å²) in [6, 6.07) is 0.267. The Kier molecular flexibility index (Phi) is 8.01. The van der Waals surface area contributed by atoms with Crippen molar-refractivity contribution < 1.29 is 9.53 Å². The normalized spacial score (nSPS) is 21.6. The van der Waals surface area contributed by atoms with Crippen LogP contribution in [0.2, 0.25) is 0 Å². The molecule has 0 spiro atoms. The average molecular weight is 256 g/mol. The summed E-state index contributed by atoms with van der Waals surface area (Å²) in [6.07, 6.45) is 5.95. The predicted octanol–water partition coefficient (Wildman–Crippen LogP) is 1.84. The summed E-state index contributed by atoms with van der Waals surface area (Å²) in [6.45, 7) is 7.09. The van der Waals surface area contributed by atoms with Crippen molar-refractivity contribution in [3.05, 3.63) is 0 Å². The molecule has 1 heterocycles. The van der Waals surface area contributed by atoms with Gasteiger partial charge >= 0.3 is 5.97 Å². The molecule has 1 fully saturated rings. The molecule has 18 heavy (non-hydrogen) atoms. The quantitative estimate of drug-likeness (QED) is 0.514. The maximum atomic E-state index is 11.7. The molecular weight excluding hydrogens is 228 g/mol. The Morgan fingerprint density at radius 2 is 2.11 bits per heavy atom. The first kappa shape index (κ1) is 15.4. The molecule has 1 rings (SSSR count). The van der Waals surface area contributed by atoms with Crippen molar-refractivity contribution in [1.29, 1.82) is 0 Å². The van der Waals surface area contributed by atoms with E-state index in [0.29, 0.717) is 6.42 Å². The molecule has 0 aromatic heterocycles. The van der Waals surface area contributed by atoms with Crippen molar-refractivity contribution in [3.63, 3.8) is 0 Å². The molecule has 0 saturated carbocycles. The Labute approximate surface area is 111 Å². The van der Waals surface area contributed by atoms with Gasteiger partial charge in [0.25, 0.3) is 0 Å². The lowest BCUT2D eigenvalue weighted by atomic mass is 10.1. The standard InChI is InChI=1S/C14H28N2O2/c1-3-5-6-7-8-14(17)18-13(4-2)12-11-15-9-10-16-12/h12-13,15-16H,3-11H2,1-2H3. The molecule has 0 amide bonds. The van der Waals surface area contributed by atoms with Gasteiger partial charge in [0.05, 0.1) is 6.04 Å². The Morgan fingerprint density at radius 3 is 2.72 bits per heavy atom. The van der Waals surface area contributed by atoms with Gasteiger partial charge in [-0.2, -0.15) is 0 Å². The molecule has 106 valence electrons. The largest absolute Gasteiger partial charge is 0.461 e. The van der Waals surface area contributed by atoms with Crippen LogP contribution >= 0.6 is 0 Å². The van der Waals surface area contributed by atoms with E-state index < -0.39 is 0 Å². The number of hydrogen-bond acceptors (Lipinski definition) is 4. The highest BCUT2D eigenvalue weighted by Crippen LogP contribution is 2.10. The fourth-order valence-electron chi connectivity index (χ4n) is 2.31. The SMILES string of the molecule is CCCCCCC(=O)OC(CC)C1CNCCN1. The van der Waals surface area contributed by atoms with Gasteiger partial charge in [0.1, 0.15) is 6.10 Å². The lowest BCUT2D eigenvalue weighted by molar-refractivity contribution is -0.151. The number of carbonyl (C=O) groups excluding carboxylic acids is 1. The van der Waals surface area contributed by atoms with E-state index in [0.717, 1.165) is 38.9 Å². The molecule has 1 saturated heterocycles. The van der Waals surface area contributed by atoms with Gasteiger partial charge in [0.2, 0.25) is 0 Å². The smallest absolute Gasteiger partial charge is 0.306 e. The molecule has 0 bridgehead atoms. The lowest BCUT2D eigenvalue weighted by Crippen LogP contribution is -2.54. The van der Waals surface area contributed by atoms with Gasteiger partial charge in [-0.3, -0.25) is 4.79 Å². The van der Waals surface area contributed by atoms with E-state index in [1.165, 1.54) is 12.8 Å². The third-order valence-corrected chi connectivity index (χ3v) is 3.44. The molecule has 2 N–H and O–H groups in total. The van der Waals surface area contributed by atoms with Gasteiger partial charge in [0, 0.05) is 26.1 Å². The molecule has 4 heteroatoms. The minimum absolute atomic E-state index is 0.0106. The minimum atomic E-state index is -0.0367. The Bertz CT molecular complexity index is 228. The van der Waals surface area contributed by atoms with E-state index in [1.54, 1.807) is 0 Å². The van der Waals surface area contributed by atoms with Gasteiger partial charge in [-0.25, -0.2) is 0 Å². The average Bonchev–Trinajstić information content (AvgIpc) is 2.42. The molecule has 2 unspecified atom stereocenters. The fraction of sp³-hybridized carbons (Fsp3) is 0.929. The zero-order chi connectivity index (χ0) is 13.2. The molecule has 0 aromatic carbocycles. The van der Waals surface area contributed by atoms with E-state index in [1.807, 2.05) is 0 Å². The first-order valence-corrected chi connectivity index (χ1v) is 7.41. The molecule has 1 aliphatic rings. The van der Waals surface area contributed by atoms with Crippen LogP contribution in [0.3, 0.4) is 0 Å². The Hall–Kier alpha value is -0.610. The van der Waals surface area contributed by atoms with Crippen molar-refractivity contribution in [2.75, 3.05) is 19.6 Å². The second kappa shape index (κ2) is 9.34. The highest BCUT2D eigenvalue weighted by Gasteiger charge is 2.24. The molecule has 0 aliphatic carbocycles. The first-order valence-electron chi connectivity index (χ1n) is 7.41. The number of hydrogen-bond donors (Lipinski definition) is 2. The van der Waals surface area contributed by atoms with Crippen molar-refractivity contribution >= 4 is 5.97 Å². The van der Waals surface area contributed by atoms with Crippen LogP contribution in [0.4, 0.5) is 0 Å². The van der Waals surface area contributed by atoms with Crippen molar-refractivity contribution in [3.8, 4) is 0 Å². The Balaban J connectivity index is 2.22. The van der Waals surface area contributed by atoms with Gasteiger partial charge in [-0.1, -0.05) is 33.1 Å². The number of unbranched alkanes of at least 4 members (excludes halogenated alkanes) is 3. The van der Waals surface area contributed by atoms with Crippen LogP contribution in [0, 0.1) is 0 Å². The molecule has 4 nitrogen and oxygen atoms in total. The maximum absolute atomic E-state index is 11.7. The highest BCUT2D eigenvalue weighted by molar-refractivity contribution is 5.69. The van der Waals surface area contributed by atoms with E-state index in [-0.39, 0.29) is 18.1 Å². The van der Waals surface area contributed by atoms with Crippen LogP contribution in [-0.4, -0.2) is 37.7 Å². The minimum Gasteiger partial charge on any atom is -0.461 e. The summed E-state index contributed by atoms with van der Waals surface area (Å²) in [5, 5.41) is 6.74. The van der Waals surface area contributed by atoms with E-state index >= 15 is 0 Å².